The van der Waals surface area contributed by atoms with E-state index >= 15 is 0 Å². The maximum Gasteiger partial charge on any atom is 0.707 e. The van der Waals surface area contributed by atoms with Gasteiger partial charge in [0.1, 0.15) is 5.75 Å². The Bertz CT molecular complexity index is 305. The lowest BCUT2D eigenvalue weighted by Gasteiger charge is -2.07. The normalized spacial score (nSPS) is 10.1. The summed E-state index contributed by atoms with van der Waals surface area (Å²) in [5.74, 6) is 0.805. The highest BCUT2D eigenvalue weighted by Gasteiger charge is 2.11. The molecule has 0 aliphatic heterocycles. The number of hydrogen-bond donors (Lipinski definition) is 2. The first-order valence-electron chi connectivity index (χ1n) is 5.84. The molecule has 0 saturated heterocycles. The smallest absolute Gasteiger partial charge is 0.511 e. The van der Waals surface area contributed by atoms with Gasteiger partial charge < -0.3 is 19.4 Å². The average molecular weight is 239 g/mol. The van der Waals surface area contributed by atoms with Crippen molar-refractivity contribution < 1.29 is 19.4 Å². The molecular weight excluding hydrogens is 221 g/mol. The van der Waals surface area contributed by atoms with Gasteiger partial charge in [0.2, 0.25) is 5.88 Å². The third kappa shape index (κ3) is 6.14. The third-order valence-corrected chi connectivity index (χ3v) is 2.20. The van der Waals surface area contributed by atoms with Crippen molar-refractivity contribution in [3.8, 4) is 11.6 Å². The zero-order valence-electron chi connectivity index (χ0n) is 10.0. The molecule has 6 heteroatoms. The van der Waals surface area contributed by atoms with Crippen LogP contribution in [0.15, 0.2) is 18.3 Å². The molecule has 1 aromatic heterocycles. The second kappa shape index (κ2) is 7.92. The van der Waals surface area contributed by atoms with Crippen molar-refractivity contribution in [2.45, 2.75) is 32.6 Å². The molecule has 17 heavy (non-hydrogen) atoms. The topological polar surface area (TPSA) is 71.8 Å². The molecule has 0 bridgehead atoms. The lowest BCUT2D eigenvalue weighted by Crippen LogP contribution is -2.20. The SMILES string of the molecule is CCCCCCOc1ccc(OB(O)O)cn1. The van der Waals surface area contributed by atoms with Gasteiger partial charge in [-0.2, -0.15) is 0 Å². The average Bonchev–Trinajstić information content (AvgIpc) is 2.30. The Morgan fingerprint density at radius 2 is 2.06 bits per heavy atom. The lowest BCUT2D eigenvalue weighted by atomic mass is 10.2. The first kappa shape index (κ1) is 13.8. The van der Waals surface area contributed by atoms with Crippen LogP contribution in [0.4, 0.5) is 0 Å². The van der Waals surface area contributed by atoms with Crippen molar-refractivity contribution in [2.24, 2.45) is 0 Å². The molecule has 0 aliphatic carbocycles. The van der Waals surface area contributed by atoms with E-state index in [0.717, 1.165) is 12.8 Å². The largest absolute Gasteiger partial charge is 0.707 e. The second-order valence-electron chi connectivity index (χ2n) is 3.69. The van der Waals surface area contributed by atoms with E-state index in [-0.39, 0.29) is 0 Å². The van der Waals surface area contributed by atoms with Crippen molar-refractivity contribution in [1.82, 2.24) is 4.98 Å². The standard InChI is InChI=1S/C11H18BNO4/c1-2-3-4-5-8-16-11-7-6-10(9-13-11)17-12(14)15/h6-7,9,14-15H,2-5,8H2,1H3. The van der Waals surface area contributed by atoms with E-state index < -0.39 is 7.32 Å². The van der Waals surface area contributed by atoms with Gasteiger partial charge >= 0.3 is 7.32 Å². The van der Waals surface area contributed by atoms with Crippen LogP contribution in [0.2, 0.25) is 0 Å². The summed E-state index contributed by atoms with van der Waals surface area (Å²) in [6, 6.07) is 3.21. The molecule has 0 unspecified atom stereocenters. The molecule has 0 aliphatic rings. The highest BCUT2D eigenvalue weighted by Crippen LogP contribution is 2.14. The minimum absolute atomic E-state index is 0.290. The Labute approximate surface area is 102 Å². The summed E-state index contributed by atoms with van der Waals surface area (Å²) < 4.78 is 10.0. The van der Waals surface area contributed by atoms with E-state index in [2.05, 4.69) is 16.6 Å². The number of nitrogens with zero attached hydrogens (tertiary/aromatic N) is 1. The van der Waals surface area contributed by atoms with Gasteiger partial charge in [0.05, 0.1) is 12.8 Å². The summed E-state index contributed by atoms with van der Waals surface area (Å²) in [6.07, 6.45) is 5.99. The molecule has 5 nitrogen and oxygen atoms in total. The zero-order chi connectivity index (χ0) is 12.5. The van der Waals surface area contributed by atoms with Gasteiger partial charge in [-0.05, 0) is 12.5 Å². The van der Waals surface area contributed by atoms with E-state index in [9.17, 15) is 0 Å². The zero-order valence-corrected chi connectivity index (χ0v) is 10.0. The van der Waals surface area contributed by atoms with Crippen molar-refractivity contribution in [3.63, 3.8) is 0 Å². The Hall–Kier alpha value is -1.27. The van der Waals surface area contributed by atoms with Gasteiger partial charge in [-0.15, -0.1) is 0 Å². The van der Waals surface area contributed by atoms with Crippen LogP contribution in [0.3, 0.4) is 0 Å². The van der Waals surface area contributed by atoms with Crippen molar-refractivity contribution in [3.05, 3.63) is 18.3 Å². The van der Waals surface area contributed by atoms with Gasteiger partial charge in [-0.3, -0.25) is 0 Å². The fourth-order valence-corrected chi connectivity index (χ4v) is 1.35. The number of rotatable bonds is 8. The number of aromatic nitrogens is 1. The predicted molar refractivity (Wildman–Crippen MR) is 64.7 cm³/mol. The van der Waals surface area contributed by atoms with E-state index in [1.165, 1.54) is 19.0 Å². The van der Waals surface area contributed by atoms with Crippen LogP contribution in [0, 0.1) is 0 Å². The Morgan fingerprint density at radius 1 is 1.24 bits per heavy atom. The van der Waals surface area contributed by atoms with Crippen LogP contribution in [-0.4, -0.2) is 29.0 Å². The van der Waals surface area contributed by atoms with Crippen LogP contribution >= 0.6 is 0 Å². The Morgan fingerprint density at radius 3 is 2.65 bits per heavy atom. The summed E-state index contributed by atoms with van der Waals surface area (Å²) in [7, 11) is -1.82. The number of hydrogen-bond acceptors (Lipinski definition) is 5. The minimum Gasteiger partial charge on any atom is -0.511 e. The van der Waals surface area contributed by atoms with Crippen LogP contribution < -0.4 is 9.39 Å². The first-order chi connectivity index (χ1) is 8.22. The highest BCUT2D eigenvalue weighted by molar-refractivity contribution is 6.33. The second-order valence-corrected chi connectivity index (χ2v) is 3.69. The Kier molecular flexibility index (Phi) is 6.43. The molecule has 0 saturated carbocycles. The summed E-state index contributed by atoms with van der Waals surface area (Å²) in [5, 5.41) is 17.1. The van der Waals surface area contributed by atoms with Gasteiger partial charge in [0.25, 0.3) is 0 Å². The van der Waals surface area contributed by atoms with E-state index in [0.29, 0.717) is 18.2 Å². The van der Waals surface area contributed by atoms with E-state index in [1.807, 2.05) is 0 Å². The number of pyridine rings is 1. The van der Waals surface area contributed by atoms with Gasteiger partial charge in [0, 0.05) is 6.07 Å². The molecule has 0 radical (unpaired) electrons. The molecule has 0 amide bonds. The fraction of sp³-hybridized carbons (Fsp3) is 0.545. The van der Waals surface area contributed by atoms with Gasteiger partial charge in [0.15, 0.2) is 0 Å². The van der Waals surface area contributed by atoms with Gasteiger partial charge in [-0.25, -0.2) is 4.98 Å². The van der Waals surface area contributed by atoms with Crippen LogP contribution in [0.25, 0.3) is 0 Å². The highest BCUT2D eigenvalue weighted by atomic mass is 16.6. The lowest BCUT2D eigenvalue weighted by molar-refractivity contribution is 0.282. The van der Waals surface area contributed by atoms with Crippen molar-refractivity contribution in [2.75, 3.05) is 6.61 Å². The summed E-state index contributed by atoms with van der Waals surface area (Å²) in [6.45, 7) is 2.81. The van der Waals surface area contributed by atoms with Gasteiger partial charge in [-0.1, -0.05) is 26.2 Å². The summed E-state index contributed by atoms with van der Waals surface area (Å²) in [5.41, 5.74) is 0. The Balaban J connectivity index is 2.25. The van der Waals surface area contributed by atoms with Crippen LogP contribution in [0.5, 0.6) is 11.6 Å². The molecule has 0 spiro atoms. The number of unbranched alkanes of at least 4 members (excludes halogenated alkanes) is 3. The molecule has 0 aromatic carbocycles. The predicted octanol–water partition coefficient (Wildman–Crippen LogP) is 1.39. The fourth-order valence-electron chi connectivity index (χ4n) is 1.35. The van der Waals surface area contributed by atoms with Crippen molar-refractivity contribution in [1.29, 1.82) is 0 Å². The van der Waals surface area contributed by atoms with Crippen LogP contribution in [-0.2, 0) is 0 Å². The van der Waals surface area contributed by atoms with Crippen molar-refractivity contribution >= 4 is 7.32 Å². The maximum absolute atomic E-state index is 8.57. The molecule has 0 fully saturated rings. The number of ether oxygens (including phenoxy) is 1. The third-order valence-electron chi connectivity index (χ3n) is 2.20. The van der Waals surface area contributed by atoms with E-state index in [1.54, 1.807) is 12.1 Å². The minimum atomic E-state index is -1.82. The molecule has 1 heterocycles. The molecule has 0 atom stereocenters. The summed E-state index contributed by atoms with van der Waals surface area (Å²) >= 11 is 0. The molecule has 94 valence electrons. The molecular formula is C11H18BNO4. The molecule has 1 aromatic rings. The molecule has 1 rings (SSSR count). The molecule has 2 N–H and O–H groups in total. The van der Waals surface area contributed by atoms with Crippen LogP contribution in [0.1, 0.15) is 32.6 Å². The van der Waals surface area contributed by atoms with E-state index in [4.69, 9.17) is 14.8 Å². The quantitative estimate of drug-likeness (QED) is 0.529. The first-order valence-corrected chi connectivity index (χ1v) is 5.84. The monoisotopic (exact) mass is 239 g/mol. The maximum atomic E-state index is 8.57. The summed E-state index contributed by atoms with van der Waals surface area (Å²) in [4.78, 5) is 3.98.